The van der Waals surface area contributed by atoms with Gasteiger partial charge < -0.3 is 42.6 Å². The molecule has 3 unspecified atom stereocenters. The van der Waals surface area contributed by atoms with Crippen molar-refractivity contribution in [3.63, 3.8) is 0 Å². The molecule has 1 rings (SSSR count). The lowest BCUT2D eigenvalue weighted by atomic mass is 10.1. The molecule has 0 aliphatic rings. The van der Waals surface area contributed by atoms with Crippen LogP contribution in [0.1, 0.15) is 31.4 Å². The second-order valence-electron chi connectivity index (χ2n) is 7.01. The molecule has 0 spiro atoms. The van der Waals surface area contributed by atoms with Gasteiger partial charge in [0.25, 0.3) is 0 Å². The second-order valence-corrected chi connectivity index (χ2v) is 7.01. The fraction of sp³-hybridized carbons (Fsp3) is 0.556. The number of carboxylic acids is 2. The van der Waals surface area contributed by atoms with Gasteiger partial charge in [-0.25, -0.2) is 9.78 Å². The molecule has 0 radical (unpaired) electrons. The first-order valence-corrected chi connectivity index (χ1v) is 9.89. The van der Waals surface area contributed by atoms with Crippen LogP contribution in [0.4, 0.5) is 0 Å². The first-order valence-electron chi connectivity index (χ1n) is 9.89. The number of hydrogen-bond donors (Lipinski definition) is 8. The Labute approximate surface area is 183 Å². The number of nitrogens with two attached hydrogens (primary N) is 2. The molecule has 0 saturated heterocycles. The van der Waals surface area contributed by atoms with Crippen molar-refractivity contribution < 1.29 is 34.2 Å². The minimum Gasteiger partial charge on any atom is -0.481 e. The van der Waals surface area contributed by atoms with Crippen LogP contribution in [0.15, 0.2) is 12.5 Å². The Bertz CT molecular complexity index is 785. The molecule has 1 aromatic rings. The number of hydrogen-bond acceptors (Lipinski definition) is 8. The zero-order chi connectivity index (χ0) is 24.1. The molecule has 32 heavy (non-hydrogen) atoms. The van der Waals surface area contributed by atoms with E-state index in [1.807, 2.05) is 0 Å². The third-order valence-electron chi connectivity index (χ3n) is 4.35. The van der Waals surface area contributed by atoms with Crippen LogP contribution in [-0.2, 0) is 30.4 Å². The van der Waals surface area contributed by atoms with Crippen LogP contribution in [-0.4, -0.2) is 81.1 Å². The van der Waals surface area contributed by atoms with E-state index >= 15 is 0 Å². The summed E-state index contributed by atoms with van der Waals surface area (Å²) >= 11 is 0. The van der Waals surface area contributed by atoms with Crippen molar-refractivity contribution >= 4 is 29.7 Å². The molecule has 0 aliphatic heterocycles. The van der Waals surface area contributed by atoms with Crippen molar-refractivity contribution in [3.05, 3.63) is 18.2 Å². The van der Waals surface area contributed by atoms with Gasteiger partial charge in [0.15, 0.2) is 0 Å². The van der Waals surface area contributed by atoms with Gasteiger partial charge in [0.1, 0.15) is 12.1 Å². The maximum Gasteiger partial charge on any atom is 0.326 e. The van der Waals surface area contributed by atoms with Crippen molar-refractivity contribution in [2.45, 2.75) is 50.2 Å². The van der Waals surface area contributed by atoms with Gasteiger partial charge in [0.2, 0.25) is 17.7 Å². The molecule has 14 heteroatoms. The predicted octanol–water partition coefficient (Wildman–Crippen LogP) is -2.95. The summed E-state index contributed by atoms with van der Waals surface area (Å²) in [5.74, 6) is -4.82. The van der Waals surface area contributed by atoms with Gasteiger partial charge in [-0.3, -0.25) is 19.2 Å². The second kappa shape index (κ2) is 13.7. The number of amides is 3. The minimum atomic E-state index is -1.34. The zero-order valence-electron chi connectivity index (χ0n) is 17.4. The summed E-state index contributed by atoms with van der Waals surface area (Å²) in [5, 5.41) is 25.0. The summed E-state index contributed by atoms with van der Waals surface area (Å²) in [5.41, 5.74) is 11.3. The highest BCUT2D eigenvalue weighted by Crippen LogP contribution is 2.04. The van der Waals surface area contributed by atoms with Gasteiger partial charge >= 0.3 is 11.9 Å². The summed E-state index contributed by atoms with van der Waals surface area (Å²) in [6.45, 7) is -0.168. The normalized spacial score (nSPS) is 13.4. The van der Waals surface area contributed by atoms with Crippen molar-refractivity contribution in [3.8, 4) is 0 Å². The van der Waals surface area contributed by atoms with E-state index in [0.29, 0.717) is 25.1 Å². The Balaban J connectivity index is 2.75. The molecule has 0 aromatic carbocycles. The highest BCUT2D eigenvalue weighted by Gasteiger charge is 2.27. The lowest BCUT2D eigenvalue weighted by molar-refractivity contribution is -0.142. The number of imidazole rings is 1. The van der Waals surface area contributed by atoms with E-state index in [4.69, 9.17) is 16.6 Å². The topological polar surface area (TPSA) is 243 Å². The molecule has 178 valence electrons. The SMILES string of the molecule is NCCCCC(NC(=O)C(Cc1cnc[nH]1)NC(=O)CNC(=O)C(N)CC(=O)O)C(=O)O. The fourth-order valence-electron chi connectivity index (χ4n) is 2.67. The van der Waals surface area contributed by atoms with Crippen LogP contribution in [0.3, 0.4) is 0 Å². The molecule has 0 fully saturated rings. The van der Waals surface area contributed by atoms with E-state index in [-0.39, 0.29) is 12.8 Å². The number of H-pyrrole nitrogens is 1. The van der Waals surface area contributed by atoms with E-state index in [9.17, 15) is 29.1 Å². The van der Waals surface area contributed by atoms with Crippen LogP contribution in [0.5, 0.6) is 0 Å². The lowest BCUT2D eigenvalue weighted by Gasteiger charge is -2.21. The number of nitrogens with one attached hydrogen (secondary N) is 4. The molecule has 3 amide bonds. The number of carboxylic acid groups (broad SMARTS) is 2. The third-order valence-corrected chi connectivity index (χ3v) is 4.35. The molecular weight excluding hydrogens is 426 g/mol. The molecule has 10 N–H and O–H groups in total. The Morgan fingerprint density at radius 1 is 1.06 bits per heavy atom. The van der Waals surface area contributed by atoms with E-state index < -0.39 is 60.8 Å². The van der Waals surface area contributed by atoms with E-state index in [0.717, 1.165) is 0 Å². The molecule has 0 saturated carbocycles. The lowest BCUT2D eigenvalue weighted by Crippen LogP contribution is -2.54. The Hall–Kier alpha value is -3.52. The van der Waals surface area contributed by atoms with Crippen LogP contribution in [0.25, 0.3) is 0 Å². The number of aliphatic carboxylic acids is 2. The molecule has 0 bridgehead atoms. The molecule has 0 aliphatic carbocycles. The summed E-state index contributed by atoms with van der Waals surface area (Å²) in [7, 11) is 0. The number of nitrogens with zero attached hydrogens (tertiary/aromatic N) is 1. The average molecular weight is 455 g/mol. The summed E-state index contributed by atoms with van der Waals surface area (Å²) in [4.78, 5) is 65.4. The summed E-state index contributed by atoms with van der Waals surface area (Å²) in [6.07, 6.45) is 3.45. The monoisotopic (exact) mass is 455 g/mol. The maximum atomic E-state index is 12.7. The number of aromatic nitrogens is 2. The highest BCUT2D eigenvalue weighted by molar-refractivity contribution is 5.93. The Morgan fingerprint density at radius 3 is 2.34 bits per heavy atom. The smallest absolute Gasteiger partial charge is 0.326 e. The molecule has 14 nitrogen and oxygen atoms in total. The summed E-state index contributed by atoms with van der Waals surface area (Å²) in [6, 6.07) is -3.66. The average Bonchev–Trinajstić information content (AvgIpc) is 3.23. The number of carbonyl (C=O) groups is 5. The van der Waals surface area contributed by atoms with Crippen LogP contribution < -0.4 is 27.4 Å². The molecule has 1 heterocycles. The fourth-order valence-corrected chi connectivity index (χ4v) is 2.67. The van der Waals surface area contributed by atoms with Gasteiger partial charge in [-0.2, -0.15) is 0 Å². The Kier molecular flexibility index (Phi) is 11.4. The molecule has 3 atom stereocenters. The van der Waals surface area contributed by atoms with Crippen molar-refractivity contribution in [1.82, 2.24) is 25.9 Å². The predicted molar refractivity (Wildman–Crippen MR) is 110 cm³/mol. The van der Waals surface area contributed by atoms with Crippen LogP contribution in [0, 0.1) is 0 Å². The number of rotatable bonds is 15. The third kappa shape index (κ3) is 9.99. The largest absolute Gasteiger partial charge is 0.481 e. The van der Waals surface area contributed by atoms with Gasteiger partial charge in [-0.1, -0.05) is 0 Å². The van der Waals surface area contributed by atoms with Crippen molar-refractivity contribution in [1.29, 1.82) is 0 Å². The first-order chi connectivity index (χ1) is 15.1. The number of unbranched alkanes of at least 4 members (excludes halogenated alkanes) is 1. The maximum absolute atomic E-state index is 12.7. The van der Waals surface area contributed by atoms with Gasteiger partial charge in [-0.15, -0.1) is 0 Å². The van der Waals surface area contributed by atoms with E-state index in [1.165, 1.54) is 12.5 Å². The van der Waals surface area contributed by atoms with Crippen LogP contribution >= 0.6 is 0 Å². The van der Waals surface area contributed by atoms with Gasteiger partial charge in [0, 0.05) is 18.3 Å². The van der Waals surface area contributed by atoms with Gasteiger partial charge in [0.05, 0.1) is 25.3 Å². The zero-order valence-corrected chi connectivity index (χ0v) is 17.4. The van der Waals surface area contributed by atoms with Crippen molar-refractivity contribution in [2.24, 2.45) is 11.5 Å². The molecular formula is C18H29N7O7. The first kappa shape index (κ1) is 26.5. The molecule has 1 aromatic heterocycles. The van der Waals surface area contributed by atoms with Crippen molar-refractivity contribution in [2.75, 3.05) is 13.1 Å². The summed E-state index contributed by atoms with van der Waals surface area (Å²) < 4.78 is 0. The minimum absolute atomic E-state index is 0.0147. The Morgan fingerprint density at radius 2 is 1.78 bits per heavy atom. The number of carbonyl (C=O) groups excluding carboxylic acids is 3. The standard InChI is InChI=1S/C18H29N7O7/c19-4-2-1-3-12(18(31)32)25-17(30)13(5-10-7-21-9-23-10)24-14(26)8-22-16(29)11(20)6-15(27)28/h7,9,11-13H,1-6,8,19-20H2,(H,21,23)(H,22,29)(H,24,26)(H,25,30)(H,27,28)(H,31,32). The highest BCUT2D eigenvalue weighted by atomic mass is 16.4. The van der Waals surface area contributed by atoms with E-state index in [1.54, 1.807) is 0 Å². The quantitative estimate of drug-likeness (QED) is 0.125. The number of aromatic amines is 1. The van der Waals surface area contributed by atoms with Gasteiger partial charge in [-0.05, 0) is 25.8 Å². The van der Waals surface area contributed by atoms with E-state index in [2.05, 4.69) is 25.9 Å². The van der Waals surface area contributed by atoms with Crippen LogP contribution in [0.2, 0.25) is 0 Å².